The van der Waals surface area contributed by atoms with Crippen molar-refractivity contribution in [1.29, 1.82) is 0 Å². The average molecular weight is 610 g/mol. The van der Waals surface area contributed by atoms with Gasteiger partial charge in [0.25, 0.3) is 11.8 Å². The maximum absolute atomic E-state index is 13.3. The van der Waals surface area contributed by atoms with Gasteiger partial charge in [-0.2, -0.15) is 0 Å². The number of para-hydroxylation sites is 1. The average Bonchev–Trinajstić information content (AvgIpc) is 3.05. The first-order valence-electron chi connectivity index (χ1n) is 13.7. The van der Waals surface area contributed by atoms with E-state index in [-0.39, 0.29) is 24.0 Å². The van der Waals surface area contributed by atoms with E-state index in [9.17, 15) is 19.2 Å². The van der Waals surface area contributed by atoms with Gasteiger partial charge in [0.2, 0.25) is 5.91 Å². The van der Waals surface area contributed by atoms with Crippen molar-refractivity contribution < 1.29 is 28.7 Å². The molecule has 0 aliphatic rings. The van der Waals surface area contributed by atoms with Crippen molar-refractivity contribution in [2.24, 2.45) is 0 Å². The van der Waals surface area contributed by atoms with Gasteiger partial charge in [-0.15, -0.1) is 11.8 Å². The van der Waals surface area contributed by atoms with Crippen LogP contribution in [0.15, 0.2) is 114 Å². The molecular formula is C34H31N3O6S. The number of hydrogen-bond donors (Lipinski definition) is 3. The second kappa shape index (κ2) is 15.8. The molecule has 0 radical (unpaired) electrons. The molecule has 4 aromatic carbocycles. The Labute approximate surface area is 259 Å². The molecule has 10 heteroatoms. The quantitative estimate of drug-likeness (QED) is 0.102. The Kier molecular flexibility index (Phi) is 11.3. The van der Waals surface area contributed by atoms with Crippen LogP contribution in [-0.2, 0) is 14.3 Å². The number of nitrogens with one attached hydrogen (secondary N) is 3. The molecule has 0 saturated carbocycles. The molecule has 0 aromatic heterocycles. The van der Waals surface area contributed by atoms with Crippen LogP contribution in [-0.4, -0.2) is 43.2 Å². The van der Waals surface area contributed by atoms with Crippen molar-refractivity contribution in [3.8, 4) is 5.75 Å². The van der Waals surface area contributed by atoms with Gasteiger partial charge < -0.3 is 25.4 Å². The van der Waals surface area contributed by atoms with Crippen molar-refractivity contribution in [2.75, 3.05) is 30.1 Å². The number of methoxy groups -OCH3 is 1. The smallest absolute Gasteiger partial charge is 0.338 e. The first-order chi connectivity index (χ1) is 21.4. The third-order valence-electron chi connectivity index (χ3n) is 6.13. The largest absolute Gasteiger partial charge is 0.496 e. The van der Waals surface area contributed by atoms with Gasteiger partial charge in [-0.25, -0.2) is 4.79 Å². The molecule has 0 spiro atoms. The third-order valence-corrected chi connectivity index (χ3v) is 7.14. The highest BCUT2D eigenvalue weighted by Gasteiger charge is 2.16. The van der Waals surface area contributed by atoms with E-state index in [1.165, 1.54) is 18.9 Å². The number of benzene rings is 4. The van der Waals surface area contributed by atoms with Gasteiger partial charge in [0.05, 0.1) is 25.0 Å². The molecule has 0 heterocycles. The molecule has 3 amide bonds. The van der Waals surface area contributed by atoms with Crippen molar-refractivity contribution in [3.63, 3.8) is 0 Å². The normalized spacial score (nSPS) is 10.8. The van der Waals surface area contributed by atoms with Crippen LogP contribution in [0.25, 0.3) is 6.08 Å². The fraction of sp³-hybridized carbons (Fsp3) is 0.118. The summed E-state index contributed by atoms with van der Waals surface area (Å²) in [5, 5.41) is 8.33. The molecule has 0 fully saturated rings. The molecule has 224 valence electrons. The number of amides is 3. The lowest BCUT2D eigenvalue weighted by molar-refractivity contribution is -0.114. The van der Waals surface area contributed by atoms with E-state index < -0.39 is 17.8 Å². The number of hydrogen-bond acceptors (Lipinski definition) is 7. The second-order valence-corrected chi connectivity index (χ2v) is 10.3. The monoisotopic (exact) mass is 609 g/mol. The standard InChI is InChI=1S/C34H31N3O6S/c1-3-43-34(41)24-13-15-26(16-14-24)35-31(38)22-44-28-19-17-27(18-20-28)36-33(40)29(21-25-11-7-8-12-30(25)42-2)37-32(39)23-9-5-4-6-10-23/h4-21H,3,22H2,1-2H3,(H,35,38)(H,36,40)(H,37,39)/b29-21-. The van der Waals surface area contributed by atoms with E-state index in [2.05, 4.69) is 16.0 Å². The van der Waals surface area contributed by atoms with Crippen LogP contribution in [0.2, 0.25) is 0 Å². The maximum Gasteiger partial charge on any atom is 0.338 e. The topological polar surface area (TPSA) is 123 Å². The van der Waals surface area contributed by atoms with Crippen molar-refractivity contribution in [1.82, 2.24) is 5.32 Å². The minimum atomic E-state index is -0.519. The Balaban J connectivity index is 1.38. The van der Waals surface area contributed by atoms with E-state index in [0.29, 0.717) is 33.8 Å². The van der Waals surface area contributed by atoms with Crippen LogP contribution in [0.5, 0.6) is 5.75 Å². The fourth-order valence-electron chi connectivity index (χ4n) is 3.97. The number of anilines is 2. The van der Waals surface area contributed by atoms with E-state index in [1.54, 1.807) is 110 Å². The molecule has 3 N–H and O–H groups in total. The lowest BCUT2D eigenvalue weighted by Gasteiger charge is -2.13. The summed E-state index contributed by atoms with van der Waals surface area (Å²) in [5.41, 5.74) is 2.54. The minimum Gasteiger partial charge on any atom is -0.496 e. The molecule has 0 unspecified atom stereocenters. The summed E-state index contributed by atoms with van der Waals surface area (Å²) in [7, 11) is 1.53. The van der Waals surface area contributed by atoms with E-state index >= 15 is 0 Å². The Morgan fingerprint density at radius 3 is 2.07 bits per heavy atom. The number of carbonyl (C=O) groups is 4. The minimum absolute atomic E-state index is 0.0359. The van der Waals surface area contributed by atoms with Crippen LogP contribution < -0.4 is 20.7 Å². The van der Waals surface area contributed by atoms with Crippen LogP contribution >= 0.6 is 11.8 Å². The molecule has 0 aliphatic carbocycles. The van der Waals surface area contributed by atoms with Gasteiger partial charge in [0.15, 0.2) is 0 Å². The Hall–Kier alpha value is -5.35. The van der Waals surface area contributed by atoms with Gasteiger partial charge in [-0.3, -0.25) is 14.4 Å². The highest BCUT2D eigenvalue weighted by molar-refractivity contribution is 8.00. The lowest BCUT2D eigenvalue weighted by Crippen LogP contribution is -2.30. The summed E-state index contributed by atoms with van der Waals surface area (Å²) in [6.45, 7) is 2.03. The van der Waals surface area contributed by atoms with E-state index in [1.807, 2.05) is 6.07 Å². The van der Waals surface area contributed by atoms with Gasteiger partial charge in [-0.1, -0.05) is 36.4 Å². The molecule has 9 nitrogen and oxygen atoms in total. The lowest BCUT2D eigenvalue weighted by atomic mass is 10.1. The van der Waals surface area contributed by atoms with Crippen LogP contribution in [0.3, 0.4) is 0 Å². The molecule has 0 saturated heterocycles. The third kappa shape index (κ3) is 9.07. The summed E-state index contributed by atoms with van der Waals surface area (Å²) in [5.74, 6) is -0.873. The summed E-state index contributed by atoms with van der Waals surface area (Å²) in [4.78, 5) is 51.3. The molecule has 0 bridgehead atoms. The first-order valence-corrected chi connectivity index (χ1v) is 14.7. The summed E-state index contributed by atoms with van der Waals surface area (Å²) in [6.07, 6.45) is 1.56. The molecule has 0 atom stereocenters. The summed E-state index contributed by atoms with van der Waals surface area (Å²) in [6, 6.07) is 29.2. The van der Waals surface area contributed by atoms with Crippen LogP contribution in [0, 0.1) is 0 Å². The number of thioether (sulfide) groups is 1. The zero-order valence-electron chi connectivity index (χ0n) is 24.2. The number of esters is 1. The van der Waals surface area contributed by atoms with E-state index in [4.69, 9.17) is 9.47 Å². The highest BCUT2D eigenvalue weighted by atomic mass is 32.2. The summed E-state index contributed by atoms with van der Waals surface area (Å²) >= 11 is 1.33. The van der Waals surface area contributed by atoms with Crippen molar-refractivity contribution in [3.05, 3.63) is 126 Å². The van der Waals surface area contributed by atoms with Crippen molar-refractivity contribution in [2.45, 2.75) is 11.8 Å². The fourth-order valence-corrected chi connectivity index (χ4v) is 4.66. The maximum atomic E-state index is 13.3. The molecule has 0 aliphatic heterocycles. The number of ether oxygens (including phenoxy) is 2. The molecule has 4 rings (SSSR count). The highest BCUT2D eigenvalue weighted by Crippen LogP contribution is 2.23. The predicted octanol–water partition coefficient (Wildman–Crippen LogP) is 6.01. The van der Waals surface area contributed by atoms with Gasteiger partial charge in [0.1, 0.15) is 11.4 Å². The Bertz CT molecular complexity index is 1640. The van der Waals surface area contributed by atoms with Gasteiger partial charge in [0, 0.05) is 27.4 Å². The van der Waals surface area contributed by atoms with Gasteiger partial charge >= 0.3 is 5.97 Å². The first kappa shape index (κ1) is 31.6. The van der Waals surface area contributed by atoms with Crippen LogP contribution in [0.4, 0.5) is 11.4 Å². The Morgan fingerprint density at radius 1 is 0.750 bits per heavy atom. The zero-order valence-corrected chi connectivity index (χ0v) is 25.0. The van der Waals surface area contributed by atoms with Crippen LogP contribution in [0.1, 0.15) is 33.2 Å². The van der Waals surface area contributed by atoms with E-state index in [0.717, 1.165) is 4.90 Å². The predicted molar refractivity (Wildman–Crippen MR) is 172 cm³/mol. The SMILES string of the molecule is CCOC(=O)c1ccc(NC(=O)CSc2ccc(NC(=O)/C(=C/c3ccccc3OC)NC(=O)c3ccccc3)cc2)cc1. The van der Waals surface area contributed by atoms with Crippen molar-refractivity contribution >= 4 is 52.9 Å². The Morgan fingerprint density at radius 2 is 1.39 bits per heavy atom. The molecule has 44 heavy (non-hydrogen) atoms. The molecular weight excluding hydrogens is 578 g/mol. The molecule has 4 aromatic rings. The summed E-state index contributed by atoms with van der Waals surface area (Å²) < 4.78 is 10.4. The number of carbonyl (C=O) groups excluding carboxylic acids is 4. The van der Waals surface area contributed by atoms with Gasteiger partial charge in [-0.05, 0) is 79.7 Å². The zero-order chi connectivity index (χ0) is 31.3. The number of rotatable bonds is 12. The second-order valence-electron chi connectivity index (χ2n) is 9.23.